The molecule has 2 aliphatic rings. The van der Waals surface area contributed by atoms with Crippen molar-refractivity contribution in [1.82, 2.24) is 10.0 Å². The molecule has 2 heterocycles. The quantitative estimate of drug-likeness (QED) is 0.694. The highest BCUT2D eigenvalue weighted by molar-refractivity contribution is 6.21. The number of aromatic nitrogens is 1. The second-order valence-corrected chi connectivity index (χ2v) is 7.52. The van der Waals surface area contributed by atoms with Gasteiger partial charge >= 0.3 is 5.97 Å². The SMILES string of the molecule is CC1CCc2[nH]c3ccc(C(=O)ON4C(=O)c5ccccc5C4=O)cc3c2C1. The van der Waals surface area contributed by atoms with E-state index < -0.39 is 17.8 Å². The fourth-order valence-corrected chi connectivity index (χ4v) is 4.10. The summed E-state index contributed by atoms with van der Waals surface area (Å²) >= 11 is 0. The zero-order valence-corrected chi connectivity index (χ0v) is 15.3. The van der Waals surface area contributed by atoms with Crippen LogP contribution in [-0.2, 0) is 17.7 Å². The number of imide groups is 1. The minimum absolute atomic E-state index is 0.240. The maximum atomic E-state index is 12.7. The summed E-state index contributed by atoms with van der Waals surface area (Å²) in [6, 6.07) is 11.7. The van der Waals surface area contributed by atoms with Crippen LogP contribution in [0.3, 0.4) is 0 Å². The van der Waals surface area contributed by atoms with Crippen LogP contribution in [0.2, 0.25) is 0 Å². The maximum absolute atomic E-state index is 12.7. The van der Waals surface area contributed by atoms with Crippen LogP contribution in [0.25, 0.3) is 10.9 Å². The number of hydroxylamine groups is 2. The molecule has 1 aromatic heterocycles. The Labute approximate surface area is 161 Å². The Hall–Kier alpha value is -3.41. The predicted molar refractivity (Wildman–Crippen MR) is 102 cm³/mol. The lowest BCUT2D eigenvalue weighted by Crippen LogP contribution is -2.32. The highest BCUT2D eigenvalue weighted by atomic mass is 16.7. The van der Waals surface area contributed by atoms with E-state index in [0.717, 1.165) is 30.2 Å². The third-order valence-corrected chi connectivity index (χ3v) is 5.60. The molecular weight excluding hydrogens is 356 g/mol. The van der Waals surface area contributed by atoms with E-state index in [1.807, 2.05) is 6.07 Å². The van der Waals surface area contributed by atoms with Gasteiger partial charge in [0.05, 0.1) is 16.7 Å². The van der Waals surface area contributed by atoms with Gasteiger partial charge < -0.3 is 9.82 Å². The highest BCUT2D eigenvalue weighted by Gasteiger charge is 2.38. The number of rotatable bonds is 2. The number of amides is 2. The molecule has 28 heavy (non-hydrogen) atoms. The molecule has 1 atom stereocenters. The monoisotopic (exact) mass is 374 g/mol. The van der Waals surface area contributed by atoms with Gasteiger partial charge in [0.2, 0.25) is 0 Å². The highest BCUT2D eigenvalue weighted by Crippen LogP contribution is 2.32. The van der Waals surface area contributed by atoms with Crippen molar-refractivity contribution in [2.24, 2.45) is 5.92 Å². The fourth-order valence-electron chi connectivity index (χ4n) is 4.10. The van der Waals surface area contributed by atoms with Crippen molar-refractivity contribution in [3.8, 4) is 0 Å². The maximum Gasteiger partial charge on any atom is 0.363 e. The Bertz CT molecular complexity index is 1130. The van der Waals surface area contributed by atoms with Gasteiger partial charge in [0.1, 0.15) is 0 Å². The lowest BCUT2D eigenvalue weighted by molar-refractivity contribution is -0.0584. The van der Waals surface area contributed by atoms with E-state index >= 15 is 0 Å². The Morgan fingerprint density at radius 3 is 2.54 bits per heavy atom. The van der Waals surface area contributed by atoms with Crippen molar-refractivity contribution in [3.05, 3.63) is 70.4 Å². The molecule has 1 aliphatic carbocycles. The van der Waals surface area contributed by atoms with E-state index in [2.05, 4.69) is 11.9 Å². The summed E-state index contributed by atoms with van der Waals surface area (Å²) in [5, 5.41) is 1.55. The topological polar surface area (TPSA) is 79.5 Å². The smallest absolute Gasteiger partial charge is 0.358 e. The van der Waals surface area contributed by atoms with Crippen LogP contribution < -0.4 is 0 Å². The molecule has 6 nitrogen and oxygen atoms in total. The van der Waals surface area contributed by atoms with Gasteiger partial charge in [0.25, 0.3) is 11.8 Å². The van der Waals surface area contributed by atoms with Gasteiger partial charge in [-0.1, -0.05) is 24.1 Å². The molecular formula is C22H18N2O4. The van der Waals surface area contributed by atoms with Crippen LogP contribution in [-0.4, -0.2) is 27.8 Å². The summed E-state index contributed by atoms with van der Waals surface area (Å²) in [4.78, 5) is 46.1. The Balaban J connectivity index is 1.45. The van der Waals surface area contributed by atoms with E-state index in [1.165, 1.54) is 11.3 Å². The molecule has 2 aromatic carbocycles. The van der Waals surface area contributed by atoms with Crippen LogP contribution in [0.5, 0.6) is 0 Å². The van der Waals surface area contributed by atoms with Crippen molar-refractivity contribution in [2.75, 3.05) is 0 Å². The molecule has 140 valence electrons. The number of hydrogen-bond donors (Lipinski definition) is 1. The van der Waals surface area contributed by atoms with Gasteiger partial charge in [0, 0.05) is 16.6 Å². The standard InChI is InChI=1S/C22H18N2O4/c1-12-6-8-18-16(10-12)17-11-13(7-9-19(17)23-18)22(27)28-24-20(25)14-4-2-3-5-15(14)21(24)26/h2-5,7,9,11-12,23H,6,8,10H2,1H3. The van der Waals surface area contributed by atoms with Crippen LogP contribution in [0.1, 0.15) is 55.7 Å². The molecule has 5 rings (SSSR count). The second kappa shape index (κ2) is 6.05. The molecule has 0 saturated carbocycles. The first-order valence-electron chi connectivity index (χ1n) is 9.36. The van der Waals surface area contributed by atoms with Crippen LogP contribution in [0, 0.1) is 5.92 Å². The first-order chi connectivity index (χ1) is 13.5. The third-order valence-electron chi connectivity index (χ3n) is 5.60. The van der Waals surface area contributed by atoms with Gasteiger partial charge in [-0.05, 0) is 61.1 Å². The number of nitrogens with zero attached hydrogens (tertiary/aromatic N) is 1. The minimum atomic E-state index is -0.727. The molecule has 0 radical (unpaired) electrons. The summed E-state index contributed by atoms with van der Waals surface area (Å²) < 4.78 is 0. The fraction of sp³-hybridized carbons (Fsp3) is 0.227. The van der Waals surface area contributed by atoms with E-state index in [1.54, 1.807) is 36.4 Å². The van der Waals surface area contributed by atoms with Crippen LogP contribution in [0.4, 0.5) is 0 Å². The number of benzene rings is 2. The van der Waals surface area contributed by atoms with Gasteiger partial charge in [-0.2, -0.15) is 0 Å². The number of H-pyrrole nitrogens is 1. The summed E-state index contributed by atoms with van der Waals surface area (Å²) in [6.45, 7) is 2.22. The first kappa shape index (κ1) is 16.7. The molecule has 1 unspecified atom stereocenters. The van der Waals surface area contributed by atoms with Crippen LogP contribution >= 0.6 is 0 Å². The molecule has 0 spiro atoms. The van der Waals surface area contributed by atoms with Crippen molar-refractivity contribution in [3.63, 3.8) is 0 Å². The molecule has 0 saturated heterocycles. The van der Waals surface area contributed by atoms with Gasteiger partial charge in [-0.25, -0.2) is 4.79 Å². The molecule has 0 fully saturated rings. The predicted octanol–water partition coefficient (Wildman–Crippen LogP) is 3.66. The summed E-state index contributed by atoms with van der Waals surface area (Å²) in [6.07, 6.45) is 3.11. The average Bonchev–Trinajstić information content (AvgIpc) is 3.18. The normalized spacial score (nSPS) is 18.3. The lowest BCUT2D eigenvalue weighted by Gasteiger charge is -2.18. The van der Waals surface area contributed by atoms with E-state index in [4.69, 9.17) is 4.84 Å². The summed E-state index contributed by atoms with van der Waals surface area (Å²) in [5.41, 5.74) is 4.23. The molecule has 3 aromatic rings. The Morgan fingerprint density at radius 2 is 1.82 bits per heavy atom. The number of nitrogens with one attached hydrogen (secondary N) is 1. The molecule has 0 bridgehead atoms. The number of aryl methyl sites for hydroxylation is 1. The van der Waals surface area contributed by atoms with Crippen molar-refractivity contribution >= 4 is 28.7 Å². The van der Waals surface area contributed by atoms with Crippen LogP contribution in [0.15, 0.2) is 42.5 Å². The Kier molecular flexibility index (Phi) is 3.62. The number of carbonyl (C=O) groups is 3. The van der Waals surface area contributed by atoms with E-state index in [-0.39, 0.29) is 11.1 Å². The largest absolute Gasteiger partial charge is 0.363 e. The lowest BCUT2D eigenvalue weighted by atomic mass is 9.87. The Morgan fingerprint density at radius 1 is 1.11 bits per heavy atom. The minimum Gasteiger partial charge on any atom is -0.358 e. The number of carbonyl (C=O) groups excluding carboxylic acids is 3. The zero-order chi connectivity index (χ0) is 19.4. The van der Waals surface area contributed by atoms with Crippen molar-refractivity contribution in [1.29, 1.82) is 0 Å². The van der Waals surface area contributed by atoms with Crippen molar-refractivity contribution in [2.45, 2.75) is 26.2 Å². The molecule has 1 aliphatic heterocycles. The number of aromatic amines is 1. The van der Waals surface area contributed by atoms with E-state index in [0.29, 0.717) is 16.5 Å². The number of hydrogen-bond acceptors (Lipinski definition) is 4. The van der Waals surface area contributed by atoms with Gasteiger partial charge in [0.15, 0.2) is 0 Å². The van der Waals surface area contributed by atoms with Crippen molar-refractivity contribution < 1.29 is 19.2 Å². The molecule has 2 amide bonds. The summed E-state index contributed by atoms with van der Waals surface area (Å²) in [5.74, 6) is -1.37. The number of fused-ring (bicyclic) bond motifs is 4. The zero-order valence-electron chi connectivity index (χ0n) is 15.3. The second-order valence-electron chi connectivity index (χ2n) is 7.52. The van der Waals surface area contributed by atoms with Gasteiger partial charge in [-0.3, -0.25) is 9.59 Å². The average molecular weight is 374 g/mol. The first-order valence-corrected chi connectivity index (χ1v) is 9.36. The van der Waals surface area contributed by atoms with E-state index in [9.17, 15) is 14.4 Å². The molecule has 6 heteroatoms. The van der Waals surface area contributed by atoms with Gasteiger partial charge in [-0.15, -0.1) is 0 Å². The molecule has 1 N–H and O–H groups in total. The summed E-state index contributed by atoms with van der Waals surface area (Å²) in [7, 11) is 0. The third kappa shape index (κ3) is 2.45.